The summed E-state index contributed by atoms with van der Waals surface area (Å²) in [5.41, 5.74) is 0. The predicted molar refractivity (Wildman–Crippen MR) is 57.6 cm³/mol. The van der Waals surface area contributed by atoms with E-state index >= 15 is 0 Å². The Kier molecular flexibility index (Phi) is 4.46. The Balaban J connectivity index is 2.16. The first kappa shape index (κ1) is 10.7. The molecule has 0 aliphatic rings. The fourth-order valence-corrected chi connectivity index (χ4v) is 2.29. The number of carbonyl (C=O) groups excluding carboxylic acids is 1. The zero-order chi connectivity index (χ0) is 9.68. The average molecular weight is 217 g/mol. The zero-order valence-electron chi connectivity index (χ0n) is 7.68. The standard InChI is InChI=1S/C10H13ClOS/c1-8(12)4-2-3-5-9-6-7-10(11)13-9/h6-7H,2-5H2,1H3. The van der Waals surface area contributed by atoms with Crippen LogP contribution in [0.4, 0.5) is 0 Å². The van der Waals surface area contributed by atoms with E-state index in [0.717, 1.165) is 23.6 Å². The fourth-order valence-electron chi connectivity index (χ4n) is 1.16. The highest BCUT2D eigenvalue weighted by Crippen LogP contribution is 2.22. The third-order valence-electron chi connectivity index (χ3n) is 1.83. The number of carbonyl (C=O) groups is 1. The molecule has 0 atom stereocenters. The van der Waals surface area contributed by atoms with Crippen LogP contribution in [-0.4, -0.2) is 5.78 Å². The SMILES string of the molecule is CC(=O)CCCCc1ccc(Cl)s1. The summed E-state index contributed by atoms with van der Waals surface area (Å²) in [6.07, 6.45) is 3.82. The van der Waals surface area contributed by atoms with Gasteiger partial charge >= 0.3 is 0 Å². The summed E-state index contributed by atoms with van der Waals surface area (Å²) in [7, 11) is 0. The average Bonchev–Trinajstić information content (AvgIpc) is 2.45. The molecule has 3 heteroatoms. The topological polar surface area (TPSA) is 17.1 Å². The largest absolute Gasteiger partial charge is 0.300 e. The smallest absolute Gasteiger partial charge is 0.129 e. The van der Waals surface area contributed by atoms with Crippen LogP contribution in [0.25, 0.3) is 0 Å². The monoisotopic (exact) mass is 216 g/mol. The summed E-state index contributed by atoms with van der Waals surface area (Å²) in [5.74, 6) is 0.282. The van der Waals surface area contributed by atoms with Gasteiger partial charge in [-0.05, 0) is 38.3 Å². The summed E-state index contributed by atoms with van der Waals surface area (Å²) in [4.78, 5) is 12.0. The molecule has 1 aromatic rings. The van der Waals surface area contributed by atoms with Crippen LogP contribution in [0.3, 0.4) is 0 Å². The molecular weight excluding hydrogens is 204 g/mol. The van der Waals surface area contributed by atoms with E-state index in [0.29, 0.717) is 6.42 Å². The number of ketones is 1. The van der Waals surface area contributed by atoms with Gasteiger partial charge in [-0.2, -0.15) is 0 Å². The molecule has 13 heavy (non-hydrogen) atoms. The third-order valence-corrected chi connectivity index (χ3v) is 3.12. The lowest BCUT2D eigenvalue weighted by Gasteiger charge is -1.95. The van der Waals surface area contributed by atoms with Crippen LogP contribution in [0.5, 0.6) is 0 Å². The van der Waals surface area contributed by atoms with Gasteiger partial charge in [-0.25, -0.2) is 0 Å². The first-order chi connectivity index (χ1) is 6.18. The van der Waals surface area contributed by atoms with Crippen LogP contribution in [0.1, 0.15) is 31.1 Å². The lowest BCUT2D eigenvalue weighted by atomic mass is 10.1. The molecule has 0 aliphatic carbocycles. The van der Waals surface area contributed by atoms with Gasteiger partial charge in [0.2, 0.25) is 0 Å². The molecule has 1 aromatic heterocycles. The molecule has 0 N–H and O–H groups in total. The molecule has 0 bridgehead atoms. The Hall–Kier alpha value is -0.340. The predicted octanol–water partition coefficient (Wildman–Crippen LogP) is 3.70. The molecule has 0 aliphatic heterocycles. The van der Waals surface area contributed by atoms with Crippen molar-refractivity contribution in [2.24, 2.45) is 0 Å². The lowest BCUT2D eigenvalue weighted by Crippen LogP contribution is -1.90. The Bertz CT molecular complexity index is 280. The van der Waals surface area contributed by atoms with Crippen molar-refractivity contribution in [2.45, 2.75) is 32.6 Å². The highest BCUT2D eigenvalue weighted by atomic mass is 35.5. The molecule has 0 aromatic carbocycles. The van der Waals surface area contributed by atoms with E-state index in [9.17, 15) is 4.79 Å². The number of halogens is 1. The van der Waals surface area contributed by atoms with E-state index in [1.807, 2.05) is 6.07 Å². The van der Waals surface area contributed by atoms with Crippen LogP contribution in [0.15, 0.2) is 12.1 Å². The van der Waals surface area contributed by atoms with E-state index in [4.69, 9.17) is 11.6 Å². The van der Waals surface area contributed by atoms with Gasteiger partial charge in [-0.15, -0.1) is 11.3 Å². The summed E-state index contributed by atoms with van der Waals surface area (Å²) < 4.78 is 0.849. The minimum Gasteiger partial charge on any atom is -0.300 e. The number of hydrogen-bond donors (Lipinski definition) is 0. The van der Waals surface area contributed by atoms with Crippen molar-refractivity contribution in [3.63, 3.8) is 0 Å². The van der Waals surface area contributed by atoms with Crippen LogP contribution >= 0.6 is 22.9 Å². The van der Waals surface area contributed by atoms with E-state index in [2.05, 4.69) is 6.07 Å². The number of rotatable bonds is 5. The van der Waals surface area contributed by atoms with E-state index in [1.165, 1.54) is 4.88 Å². The van der Waals surface area contributed by atoms with Crippen molar-refractivity contribution in [3.8, 4) is 0 Å². The Morgan fingerprint density at radius 2 is 2.23 bits per heavy atom. The Morgan fingerprint density at radius 3 is 2.77 bits per heavy atom. The van der Waals surface area contributed by atoms with Gasteiger partial charge in [0.05, 0.1) is 4.34 Å². The van der Waals surface area contributed by atoms with Crippen molar-refractivity contribution in [3.05, 3.63) is 21.3 Å². The van der Waals surface area contributed by atoms with Crippen LogP contribution in [0, 0.1) is 0 Å². The number of thiophene rings is 1. The Labute approximate surface area is 87.7 Å². The molecule has 0 fully saturated rings. The van der Waals surface area contributed by atoms with Gasteiger partial charge in [-0.3, -0.25) is 0 Å². The second kappa shape index (κ2) is 5.40. The van der Waals surface area contributed by atoms with Gasteiger partial charge < -0.3 is 4.79 Å². The molecule has 0 saturated heterocycles. The maximum absolute atomic E-state index is 10.6. The molecular formula is C10H13ClOS. The maximum atomic E-state index is 10.6. The van der Waals surface area contributed by atoms with Gasteiger partial charge in [0, 0.05) is 11.3 Å². The van der Waals surface area contributed by atoms with Crippen molar-refractivity contribution in [1.29, 1.82) is 0 Å². The minimum absolute atomic E-state index is 0.282. The Morgan fingerprint density at radius 1 is 1.46 bits per heavy atom. The van der Waals surface area contributed by atoms with E-state index in [-0.39, 0.29) is 5.78 Å². The lowest BCUT2D eigenvalue weighted by molar-refractivity contribution is -0.117. The number of Topliss-reactive ketones (excluding diaryl/α,β-unsaturated/α-hetero) is 1. The molecule has 0 saturated carbocycles. The second-order valence-electron chi connectivity index (χ2n) is 3.11. The summed E-state index contributed by atoms with van der Waals surface area (Å²) in [6.45, 7) is 1.64. The molecule has 1 rings (SSSR count). The van der Waals surface area contributed by atoms with Crippen molar-refractivity contribution in [1.82, 2.24) is 0 Å². The number of unbranched alkanes of at least 4 members (excludes halogenated alkanes) is 1. The first-order valence-electron chi connectivity index (χ1n) is 4.42. The first-order valence-corrected chi connectivity index (χ1v) is 5.61. The van der Waals surface area contributed by atoms with E-state index in [1.54, 1.807) is 18.3 Å². The molecule has 1 nitrogen and oxygen atoms in total. The normalized spacial score (nSPS) is 10.3. The quantitative estimate of drug-likeness (QED) is 0.686. The van der Waals surface area contributed by atoms with Gasteiger partial charge in [0.1, 0.15) is 5.78 Å². The minimum atomic E-state index is 0.282. The molecule has 1 heterocycles. The van der Waals surface area contributed by atoms with Crippen LogP contribution in [-0.2, 0) is 11.2 Å². The molecule has 0 radical (unpaired) electrons. The van der Waals surface area contributed by atoms with Crippen LogP contribution in [0.2, 0.25) is 4.34 Å². The highest BCUT2D eigenvalue weighted by molar-refractivity contribution is 7.16. The summed E-state index contributed by atoms with van der Waals surface area (Å²) >= 11 is 7.42. The van der Waals surface area contributed by atoms with Crippen LogP contribution < -0.4 is 0 Å². The fraction of sp³-hybridized carbons (Fsp3) is 0.500. The third kappa shape index (κ3) is 4.44. The van der Waals surface area contributed by atoms with Crippen molar-refractivity contribution >= 4 is 28.7 Å². The maximum Gasteiger partial charge on any atom is 0.129 e. The van der Waals surface area contributed by atoms with Gasteiger partial charge in [0.25, 0.3) is 0 Å². The summed E-state index contributed by atoms with van der Waals surface area (Å²) in [6, 6.07) is 3.98. The summed E-state index contributed by atoms with van der Waals surface area (Å²) in [5, 5.41) is 0. The highest BCUT2D eigenvalue weighted by Gasteiger charge is 1.98. The van der Waals surface area contributed by atoms with E-state index < -0.39 is 0 Å². The number of hydrogen-bond acceptors (Lipinski definition) is 2. The number of aryl methyl sites for hydroxylation is 1. The molecule has 72 valence electrons. The van der Waals surface area contributed by atoms with Gasteiger partial charge in [0.15, 0.2) is 0 Å². The van der Waals surface area contributed by atoms with Crippen molar-refractivity contribution < 1.29 is 4.79 Å². The zero-order valence-corrected chi connectivity index (χ0v) is 9.25. The molecule has 0 unspecified atom stereocenters. The molecule has 0 spiro atoms. The van der Waals surface area contributed by atoms with Gasteiger partial charge in [-0.1, -0.05) is 11.6 Å². The van der Waals surface area contributed by atoms with Crippen molar-refractivity contribution in [2.75, 3.05) is 0 Å². The second-order valence-corrected chi connectivity index (χ2v) is 4.91. The molecule has 0 amide bonds.